The van der Waals surface area contributed by atoms with Crippen molar-refractivity contribution in [2.24, 2.45) is 5.92 Å². The molecule has 1 unspecified atom stereocenters. The van der Waals surface area contributed by atoms with Gasteiger partial charge < -0.3 is 10.2 Å². The van der Waals surface area contributed by atoms with Gasteiger partial charge in [0.1, 0.15) is 6.04 Å². The van der Waals surface area contributed by atoms with E-state index in [-0.39, 0.29) is 30.3 Å². The summed E-state index contributed by atoms with van der Waals surface area (Å²) in [6, 6.07) is -0.358. The fourth-order valence-electron chi connectivity index (χ4n) is 1.81. The Morgan fingerprint density at radius 3 is 2.67 bits per heavy atom. The molecule has 0 aliphatic carbocycles. The molecule has 0 radical (unpaired) electrons. The molecule has 0 bridgehead atoms. The maximum absolute atomic E-state index is 11.7. The van der Waals surface area contributed by atoms with Crippen LogP contribution in [0.25, 0.3) is 0 Å². The summed E-state index contributed by atoms with van der Waals surface area (Å²) in [5.41, 5.74) is 0.892. The van der Waals surface area contributed by atoms with Crippen molar-refractivity contribution in [3.63, 3.8) is 0 Å². The summed E-state index contributed by atoms with van der Waals surface area (Å²) in [7, 11) is 0. The molecule has 4 nitrogen and oxygen atoms in total. The number of carbonyl (C=O) groups excluding carboxylic acids is 2. The highest BCUT2D eigenvalue weighted by Gasteiger charge is 2.35. The second-order valence-electron chi connectivity index (χ2n) is 4.39. The maximum atomic E-state index is 11.7. The van der Waals surface area contributed by atoms with Crippen LogP contribution in [-0.4, -0.2) is 35.8 Å². The predicted molar refractivity (Wildman–Crippen MR) is 58.2 cm³/mol. The van der Waals surface area contributed by atoms with E-state index >= 15 is 0 Å². The van der Waals surface area contributed by atoms with Crippen LogP contribution >= 0.6 is 0 Å². The van der Waals surface area contributed by atoms with Crippen LogP contribution in [0.15, 0.2) is 12.2 Å². The molecule has 0 aromatic heterocycles. The SMILES string of the molecule is C=C(C)CN1C(=O)CNC(=O)C1C(C)C. The van der Waals surface area contributed by atoms with Gasteiger partial charge in [0.25, 0.3) is 0 Å². The molecule has 1 heterocycles. The highest BCUT2D eigenvalue weighted by atomic mass is 16.2. The van der Waals surface area contributed by atoms with Crippen LogP contribution in [0, 0.1) is 5.92 Å². The van der Waals surface area contributed by atoms with Gasteiger partial charge in [0.2, 0.25) is 11.8 Å². The van der Waals surface area contributed by atoms with Crippen molar-refractivity contribution >= 4 is 11.8 Å². The Labute approximate surface area is 90.3 Å². The van der Waals surface area contributed by atoms with Crippen LogP contribution in [0.3, 0.4) is 0 Å². The standard InChI is InChI=1S/C11H18N2O2/c1-7(2)6-13-9(14)5-12-11(15)10(13)8(3)4/h8,10H,1,5-6H2,2-4H3,(H,12,15). The summed E-state index contributed by atoms with van der Waals surface area (Å²) in [5.74, 6) is 0.0238. The van der Waals surface area contributed by atoms with E-state index in [0.29, 0.717) is 6.54 Å². The van der Waals surface area contributed by atoms with Gasteiger partial charge in [0.05, 0.1) is 6.54 Å². The summed E-state index contributed by atoms with van der Waals surface area (Å²) < 4.78 is 0. The number of amides is 2. The zero-order valence-electron chi connectivity index (χ0n) is 9.54. The largest absolute Gasteiger partial charge is 0.345 e. The van der Waals surface area contributed by atoms with Gasteiger partial charge in [-0.3, -0.25) is 9.59 Å². The van der Waals surface area contributed by atoms with Crippen LogP contribution in [0.5, 0.6) is 0 Å². The Morgan fingerprint density at radius 1 is 1.60 bits per heavy atom. The first-order valence-electron chi connectivity index (χ1n) is 5.15. The van der Waals surface area contributed by atoms with Crippen LogP contribution in [0.4, 0.5) is 0 Å². The van der Waals surface area contributed by atoms with Gasteiger partial charge in [-0.1, -0.05) is 26.0 Å². The van der Waals surface area contributed by atoms with Crippen molar-refractivity contribution in [2.45, 2.75) is 26.8 Å². The van der Waals surface area contributed by atoms with Crippen molar-refractivity contribution in [1.82, 2.24) is 10.2 Å². The summed E-state index contributed by atoms with van der Waals surface area (Å²) in [6.45, 7) is 10.1. The molecule has 1 rings (SSSR count). The topological polar surface area (TPSA) is 49.4 Å². The van der Waals surface area contributed by atoms with Gasteiger partial charge in [-0.05, 0) is 12.8 Å². The van der Waals surface area contributed by atoms with Crippen molar-refractivity contribution in [2.75, 3.05) is 13.1 Å². The monoisotopic (exact) mass is 210 g/mol. The van der Waals surface area contributed by atoms with Crippen molar-refractivity contribution in [1.29, 1.82) is 0 Å². The lowest BCUT2D eigenvalue weighted by atomic mass is 9.99. The molecule has 0 spiro atoms. The molecule has 0 aromatic rings. The molecule has 0 saturated carbocycles. The van der Waals surface area contributed by atoms with Gasteiger partial charge in [-0.2, -0.15) is 0 Å². The van der Waals surface area contributed by atoms with E-state index in [1.165, 1.54) is 0 Å². The van der Waals surface area contributed by atoms with E-state index in [4.69, 9.17) is 0 Å². The fourth-order valence-corrected chi connectivity index (χ4v) is 1.81. The number of rotatable bonds is 3. The molecule has 1 N–H and O–H groups in total. The van der Waals surface area contributed by atoms with Gasteiger partial charge in [0.15, 0.2) is 0 Å². The van der Waals surface area contributed by atoms with E-state index < -0.39 is 0 Å². The quantitative estimate of drug-likeness (QED) is 0.691. The molecule has 15 heavy (non-hydrogen) atoms. The lowest BCUT2D eigenvalue weighted by Crippen LogP contribution is -2.60. The second kappa shape index (κ2) is 4.47. The molecule has 1 aliphatic rings. The third kappa shape index (κ3) is 2.58. The molecular formula is C11H18N2O2. The summed E-state index contributed by atoms with van der Waals surface area (Å²) >= 11 is 0. The van der Waals surface area contributed by atoms with Crippen LogP contribution in [0.1, 0.15) is 20.8 Å². The molecule has 2 amide bonds. The molecule has 4 heteroatoms. The van der Waals surface area contributed by atoms with Gasteiger partial charge in [-0.25, -0.2) is 0 Å². The van der Waals surface area contributed by atoms with E-state index in [9.17, 15) is 9.59 Å². The van der Waals surface area contributed by atoms with Crippen molar-refractivity contribution in [3.8, 4) is 0 Å². The summed E-state index contributed by atoms with van der Waals surface area (Å²) in [6.07, 6.45) is 0. The van der Waals surface area contributed by atoms with Crippen LogP contribution < -0.4 is 5.32 Å². The van der Waals surface area contributed by atoms with E-state index in [2.05, 4.69) is 11.9 Å². The molecular weight excluding hydrogens is 192 g/mol. The number of hydrogen-bond donors (Lipinski definition) is 1. The summed E-state index contributed by atoms with van der Waals surface area (Å²) in [5, 5.41) is 2.61. The number of nitrogens with one attached hydrogen (secondary N) is 1. The first-order valence-corrected chi connectivity index (χ1v) is 5.15. The lowest BCUT2D eigenvalue weighted by Gasteiger charge is -2.37. The molecule has 1 atom stereocenters. The normalized spacial score (nSPS) is 21.9. The third-order valence-electron chi connectivity index (χ3n) is 2.41. The number of piperazine rings is 1. The van der Waals surface area contributed by atoms with Crippen molar-refractivity contribution in [3.05, 3.63) is 12.2 Å². The van der Waals surface area contributed by atoms with E-state index in [1.807, 2.05) is 20.8 Å². The lowest BCUT2D eigenvalue weighted by molar-refractivity contribution is -0.146. The minimum atomic E-state index is -0.358. The summed E-state index contributed by atoms with van der Waals surface area (Å²) in [4.78, 5) is 24.9. The highest BCUT2D eigenvalue weighted by Crippen LogP contribution is 2.15. The average Bonchev–Trinajstić information content (AvgIpc) is 2.10. The van der Waals surface area contributed by atoms with Crippen LogP contribution in [0.2, 0.25) is 0 Å². The number of carbonyl (C=O) groups is 2. The maximum Gasteiger partial charge on any atom is 0.243 e. The Balaban J connectivity index is 2.87. The first kappa shape index (κ1) is 11.8. The predicted octanol–water partition coefficient (Wildman–Crippen LogP) is 0.545. The smallest absolute Gasteiger partial charge is 0.243 e. The molecule has 84 valence electrons. The Hall–Kier alpha value is -1.32. The van der Waals surface area contributed by atoms with E-state index in [1.54, 1.807) is 4.90 Å². The Bertz CT molecular complexity index is 297. The number of nitrogens with zero attached hydrogens (tertiary/aromatic N) is 1. The minimum Gasteiger partial charge on any atom is -0.345 e. The Morgan fingerprint density at radius 2 is 2.20 bits per heavy atom. The first-order chi connectivity index (χ1) is 6.93. The number of hydrogen-bond acceptors (Lipinski definition) is 2. The fraction of sp³-hybridized carbons (Fsp3) is 0.636. The highest BCUT2D eigenvalue weighted by molar-refractivity contribution is 5.95. The molecule has 0 aromatic carbocycles. The van der Waals surface area contributed by atoms with Gasteiger partial charge in [0, 0.05) is 6.54 Å². The average molecular weight is 210 g/mol. The third-order valence-corrected chi connectivity index (χ3v) is 2.41. The zero-order chi connectivity index (χ0) is 11.6. The minimum absolute atomic E-state index is 0.0312. The van der Waals surface area contributed by atoms with Crippen molar-refractivity contribution < 1.29 is 9.59 Å². The van der Waals surface area contributed by atoms with Gasteiger partial charge >= 0.3 is 0 Å². The van der Waals surface area contributed by atoms with E-state index in [0.717, 1.165) is 5.57 Å². The zero-order valence-corrected chi connectivity index (χ0v) is 9.54. The van der Waals surface area contributed by atoms with Crippen LogP contribution in [-0.2, 0) is 9.59 Å². The molecule has 1 aliphatic heterocycles. The van der Waals surface area contributed by atoms with Gasteiger partial charge in [-0.15, -0.1) is 0 Å². The Kier molecular flexibility index (Phi) is 3.50. The molecule has 1 saturated heterocycles. The second-order valence-corrected chi connectivity index (χ2v) is 4.39. The molecule has 1 fully saturated rings.